The molecule has 1 atom stereocenters. The molecule has 1 unspecified atom stereocenters. The van der Waals surface area contributed by atoms with Crippen LogP contribution < -0.4 is 0 Å². The summed E-state index contributed by atoms with van der Waals surface area (Å²) < 4.78 is 10.7. The molecule has 0 bridgehead atoms. The average Bonchev–Trinajstić information content (AvgIpc) is 3.49. The van der Waals surface area contributed by atoms with Gasteiger partial charge < -0.3 is 14.6 Å². The topological polar surface area (TPSA) is 72.8 Å². The maximum Gasteiger partial charge on any atom is 0.306 e. The van der Waals surface area contributed by atoms with Crippen LogP contribution in [0.15, 0.2) is 194 Å². The highest BCUT2D eigenvalue weighted by molar-refractivity contribution is 5.70. The van der Waals surface area contributed by atoms with E-state index in [0.29, 0.717) is 12.8 Å². The van der Waals surface area contributed by atoms with E-state index in [1.807, 2.05) is 0 Å². The van der Waals surface area contributed by atoms with Crippen molar-refractivity contribution in [2.45, 2.75) is 264 Å². The van der Waals surface area contributed by atoms with Crippen molar-refractivity contribution in [1.82, 2.24) is 0 Å². The van der Waals surface area contributed by atoms with Crippen molar-refractivity contribution < 1.29 is 24.2 Å². The van der Waals surface area contributed by atoms with Crippen LogP contribution in [0, 0.1) is 0 Å². The molecule has 0 aliphatic rings. The van der Waals surface area contributed by atoms with Gasteiger partial charge in [-0.25, -0.2) is 0 Å². The smallest absolute Gasteiger partial charge is 0.306 e. The number of unbranched alkanes of at least 4 members (excludes halogenated alkanes) is 18. The van der Waals surface area contributed by atoms with Gasteiger partial charge in [0.2, 0.25) is 0 Å². The Morgan fingerprint density at radius 1 is 0.280 bits per heavy atom. The van der Waals surface area contributed by atoms with Gasteiger partial charge >= 0.3 is 11.9 Å². The summed E-state index contributed by atoms with van der Waals surface area (Å²) >= 11 is 0. The van der Waals surface area contributed by atoms with Gasteiger partial charge in [0.1, 0.15) is 6.61 Å². The molecule has 0 aromatic rings. The predicted octanol–water partition coefficient (Wildman–Crippen LogP) is 23.2. The summed E-state index contributed by atoms with van der Waals surface area (Å²) in [5.74, 6) is -0.651. The summed E-state index contributed by atoms with van der Waals surface area (Å²) in [6.45, 7) is 3.87. The fourth-order valence-electron chi connectivity index (χ4n) is 8.53. The van der Waals surface area contributed by atoms with Crippen LogP contribution in [-0.4, -0.2) is 36.4 Å². The number of allylic oxidation sites excluding steroid dienone is 32. The second-order valence-electron chi connectivity index (χ2n) is 21.1. The van der Waals surface area contributed by atoms with E-state index in [0.717, 1.165) is 141 Å². The highest BCUT2D eigenvalue weighted by Gasteiger charge is 2.16. The second kappa shape index (κ2) is 70.0. The van der Waals surface area contributed by atoms with E-state index in [1.54, 1.807) is 0 Å². The third-order valence-corrected chi connectivity index (χ3v) is 13.4. The molecule has 0 amide bonds. The maximum atomic E-state index is 12.4. The van der Waals surface area contributed by atoms with Gasteiger partial charge in [-0.3, -0.25) is 9.59 Å². The van der Waals surface area contributed by atoms with E-state index < -0.39 is 6.10 Å². The lowest BCUT2D eigenvalue weighted by Crippen LogP contribution is -2.28. The number of rotatable bonds is 58. The first-order valence-electron chi connectivity index (χ1n) is 33.0. The van der Waals surface area contributed by atoms with Crippen LogP contribution in [0.4, 0.5) is 0 Å². The minimum absolute atomic E-state index is 0.0995. The first kappa shape index (κ1) is 76.7. The number of carbonyl (C=O) groups is 2. The summed E-state index contributed by atoms with van der Waals surface area (Å²) in [6, 6.07) is 0. The molecule has 0 aliphatic heterocycles. The average molecular weight is 1130 g/mol. The fourth-order valence-corrected chi connectivity index (χ4v) is 8.53. The number of ether oxygens (including phenoxy) is 2. The van der Waals surface area contributed by atoms with Crippen molar-refractivity contribution in [3.05, 3.63) is 194 Å². The molecule has 0 saturated heterocycles. The van der Waals surface area contributed by atoms with Crippen molar-refractivity contribution >= 4 is 11.9 Å². The Balaban J connectivity index is 3.59. The Morgan fingerprint density at radius 3 is 0.756 bits per heavy atom. The Hall–Kier alpha value is -5.26. The molecule has 0 rings (SSSR count). The largest absolute Gasteiger partial charge is 0.462 e. The van der Waals surface area contributed by atoms with Crippen molar-refractivity contribution in [3.8, 4) is 0 Å². The van der Waals surface area contributed by atoms with Gasteiger partial charge in [0.15, 0.2) is 6.10 Å². The van der Waals surface area contributed by atoms with E-state index in [9.17, 15) is 14.7 Å². The number of aliphatic hydroxyl groups is 1. The lowest BCUT2D eigenvalue weighted by Gasteiger charge is -2.15. The van der Waals surface area contributed by atoms with Crippen LogP contribution in [-0.2, 0) is 19.1 Å². The molecule has 0 aliphatic carbocycles. The molecule has 1 N–H and O–H groups in total. The zero-order chi connectivity index (χ0) is 59.1. The fraction of sp³-hybridized carbons (Fsp3) is 0.558. The molecular weight excluding hydrogens is 1000 g/mol. The van der Waals surface area contributed by atoms with Gasteiger partial charge in [-0.05, 0) is 141 Å². The number of aliphatic hydroxyl groups excluding tert-OH is 1. The van der Waals surface area contributed by atoms with Crippen LogP contribution in [0.5, 0.6) is 0 Å². The molecule has 0 radical (unpaired) electrons. The van der Waals surface area contributed by atoms with Crippen LogP contribution in [0.1, 0.15) is 258 Å². The highest BCUT2D eigenvalue weighted by Crippen LogP contribution is 2.15. The van der Waals surface area contributed by atoms with Gasteiger partial charge in [0, 0.05) is 12.8 Å². The standard InChI is InChI=1S/C77H120O5/c1-3-5-7-9-11-13-15-17-19-21-23-25-27-29-31-32-33-34-35-36-37-38-39-40-41-42-43-44-46-48-50-52-54-56-58-60-62-64-66-68-70-72-77(80)82-75(73-78)74-81-76(79)71-69-67-65-63-61-59-57-55-53-51-49-47-45-30-28-26-24-22-20-18-16-14-12-10-8-6-4-2/h5-8,11-14,17-20,23-26,29-31,33-34,36-37,39-40,45,49,51,55,57,61,63,75,78H,3-4,9-10,15-16,21-22,27-28,32,35,38,41-44,46-48,50,52-54,56,58-60,62,64-74H2,1-2H3/b7-5-,8-6-,13-11-,14-12-,19-17-,20-18-,25-23-,26-24-,31-29-,34-33-,37-36-,40-39-,45-30-,51-49-,57-55-,63-61-. The van der Waals surface area contributed by atoms with Gasteiger partial charge in [-0.1, -0.05) is 298 Å². The van der Waals surface area contributed by atoms with Crippen LogP contribution in [0.3, 0.4) is 0 Å². The predicted molar refractivity (Wildman–Crippen MR) is 361 cm³/mol. The number of hydrogen-bond donors (Lipinski definition) is 1. The van der Waals surface area contributed by atoms with Crippen LogP contribution >= 0.6 is 0 Å². The molecule has 82 heavy (non-hydrogen) atoms. The minimum Gasteiger partial charge on any atom is -0.462 e. The number of esters is 2. The van der Waals surface area contributed by atoms with Crippen molar-refractivity contribution in [1.29, 1.82) is 0 Å². The monoisotopic (exact) mass is 1120 g/mol. The Labute approximate surface area is 505 Å². The third kappa shape index (κ3) is 67.2. The lowest BCUT2D eigenvalue weighted by molar-refractivity contribution is -0.161. The van der Waals surface area contributed by atoms with Crippen molar-refractivity contribution in [2.24, 2.45) is 0 Å². The lowest BCUT2D eigenvalue weighted by atomic mass is 10.0. The number of carbonyl (C=O) groups excluding carboxylic acids is 2. The number of hydrogen-bond acceptors (Lipinski definition) is 5. The Kier molecular flexibility index (Phi) is 65.5. The van der Waals surface area contributed by atoms with E-state index in [1.165, 1.54) is 89.9 Å². The van der Waals surface area contributed by atoms with E-state index >= 15 is 0 Å². The normalized spacial score (nSPS) is 13.5. The molecule has 5 heteroatoms. The molecule has 0 aromatic carbocycles. The molecule has 0 fully saturated rings. The van der Waals surface area contributed by atoms with E-state index in [2.05, 4.69) is 208 Å². The summed E-state index contributed by atoms with van der Waals surface area (Å²) in [7, 11) is 0. The minimum atomic E-state index is -0.805. The summed E-state index contributed by atoms with van der Waals surface area (Å²) in [6.07, 6.45) is 111. The first-order chi connectivity index (χ1) is 40.6. The van der Waals surface area contributed by atoms with Gasteiger partial charge in [-0.15, -0.1) is 0 Å². The SMILES string of the molecule is CC/C=C\C/C=C\C/C=C\C/C=C\C/C=C\C/C=C\C/C=C\C/C=C\CCCCCCCCCCCCCCCCCCC(=O)OC(CO)COC(=O)CCCC/C=C\C/C=C\C/C=C\C/C=C\C/C=C\C/C=C\C/C=C\C/C=C\CC. The van der Waals surface area contributed by atoms with Crippen LogP contribution in [0.2, 0.25) is 0 Å². The molecule has 458 valence electrons. The summed E-state index contributed by atoms with van der Waals surface area (Å²) in [5.41, 5.74) is 0. The zero-order valence-electron chi connectivity index (χ0n) is 52.4. The second-order valence-corrected chi connectivity index (χ2v) is 21.1. The van der Waals surface area contributed by atoms with E-state index in [-0.39, 0.29) is 25.2 Å². The highest BCUT2D eigenvalue weighted by atomic mass is 16.6. The zero-order valence-corrected chi connectivity index (χ0v) is 52.4. The van der Waals surface area contributed by atoms with Crippen molar-refractivity contribution in [2.75, 3.05) is 13.2 Å². The van der Waals surface area contributed by atoms with Gasteiger partial charge in [0.25, 0.3) is 0 Å². The quantitative estimate of drug-likeness (QED) is 0.0373. The molecule has 0 aromatic heterocycles. The van der Waals surface area contributed by atoms with E-state index in [4.69, 9.17) is 9.47 Å². The molecular formula is C77H120O5. The first-order valence-corrected chi connectivity index (χ1v) is 33.0. The summed E-state index contributed by atoms with van der Waals surface area (Å²) in [5, 5.41) is 9.68. The summed E-state index contributed by atoms with van der Waals surface area (Å²) in [4.78, 5) is 24.6. The van der Waals surface area contributed by atoms with Gasteiger partial charge in [-0.2, -0.15) is 0 Å². The molecule has 0 spiro atoms. The van der Waals surface area contributed by atoms with Crippen LogP contribution in [0.25, 0.3) is 0 Å². The molecule has 0 heterocycles. The molecule has 0 saturated carbocycles. The maximum absolute atomic E-state index is 12.4. The Morgan fingerprint density at radius 2 is 0.488 bits per heavy atom. The third-order valence-electron chi connectivity index (χ3n) is 13.4. The van der Waals surface area contributed by atoms with Gasteiger partial charge in [0.05, 0.1) is 6.61 Å². The van der Waals surface area contributed by atoms with Crippen molar-refractivity contribution in [3.63, 3.8) is 0 Å². The Bertz CT molecular complexity index is 1900. The molecule has 5 nitrogen and oxygen atoms in total.